The molecule has 1 aromatic rings. The number of anilines is 1. The summed E-state index contributed by atoms with van der Waals surface area (Å²) in [5.74, 6) is 0. The van der Waals surface area contributed by atoms with Gasteiger partial charge < -0.3 is 4.90 Å². The second-order valence-corrected chi connectivity index (χ2v) is 4.10. The van der Waals surface area contributed by atoms with Gasteiger partial charge in [0, 0.05) is 30.2 Å². The van der Waals surface area contributed by atoms with Crippen molar-refractivity contribution in [1.29, 1.82) is 0 Å². The average molecular weight is 206 g/mol. The molecule has 0 spiro atoms. The van der Waals surface area contributed by atoms with Crippen molar-refractivity contribution in [3.63, 3.8) is 0 Å². The van der Waals surface area contributed by atoms with Crippen molar-refractivity contribution in [3.05, 3.63) is 23.5 Å². The van der Waals surface area contributed by atoms with Gasteiger partial charge in [0.05, 0.1) is 0 Å². The van der Waals surface area contributed by atoms with E-state index in [9.17, 15) is 0 Å². The standard InChI is InChI=1S/C13H22N2/c1-5-7-15(8-6-2)13-9-11(3)14-12(4)10-13/h9-10H,5-8H2,1-4H3. The van der Waals surface area contributed by atoms with E-state index < -0.39 is 0 Å². The number of hydrogen-bond donors (Lipinski definition) is 0. The second-order valence-electron chi connectivity index (χ2n) is 4.10. The van der Waals surface area contributed by atoms with Crippen LogP contribution in [0.25, 0.3) is 0 Å². The lowest BCUT2D eigenvalue weighted by Crippen LogP contribution is -2.25. The fourth-order valence-corrected chi connectivity index (χ4v) is 1.90. The van der Waals surface area contributed by atoms with Gasteiger partial charge in [-0.05, 0) is 38.8 Å². The lowest BCUT2D eigenvalue weighted by atomic mass is 10.2. The summed E-state index contributed by atoms with van der Waals surface area (Å²) in [5.41, 5.74) is 3.55. The van der Waals surface area contributed by atoms with Crippen molar-refractivity contribution < 1.29 is 0 Å². The van der Waals surface area contributed by atoms with E-state index in [4.69, 9.17) is 0 Å². The van der Waals surface area contributed by atoms with Gasteiger partial charge in [0.15, 0.2) is 0 Å². The SMILES string of the molecule is CCCN(CCC)c1cc(C)nc(C)c1. The van der Waals surface area contributed by atoms with E-state index in [1.807, 2.05) is 0 Å². The molecule has 15 heavy (non-hydrogen) atoms. The molecule has 0 aromatic carbocycles. The molecule has 0 atom stereocenters. The maximum Gasteiger partial charge on any atom is 0.0402 e. The Morgan fingerprint density at radius 2 is 1.47 bits per heavy atom. The number of rotatable bonds is 5. The third-order valence-electron chi connectivity index (χ3n) is 2.42. The molecule has 2 nitrogen and oxygen atoms in total. The fourth-order valence-electron chi connectivity index (χ4n) is 1.90. The molecule has 1 rings (SSSR count). The van der Waals surface area contributed by atoms with Crippen molar-refractivity contribution in [2.24, 2.45) is 0 Å². The van der Waals surface area contributed by atoms with Crippen LogP contribution in [0.4, 0.5) is 5.69 Å². The van der Waals surface area contributed by atoms with Crippen LogP contribution in [-0.2, 0) is 0 Å². The molecule has 84 valence electrons. The van der Waals surface area contributed by atoms with E-state index >= 15 is 0 Å². The highest BCUT2D eigenvalue weighted by atomic mass is 15.1. The molecule has 0 saturated carbocycles. The first kappa shape index (κ1) is 12.0. The Kier molecular flexibility index (Phi) is 4.60. The van der Waals surface area contributed by atoms with Crippen LogP contribution in [0.15, 0.2) is 12.1 Å². The van der Waals surface area contributed by atoms with Crippen LogP contribution in [-0.4, -0.2) is 18.1 Å². The number of aromatic nitrogens is 1. The first-order valence-corrected chi connectivity index (χ1v) is 5.87. The van der Waals surface area contributed by atoms with E-state index in [-0.39, 0.29) is 0 Å². The summed E-state index contributed by atoms with van der Waals surface area (Å²) >= 11 is 0. The smallest absolute Gasteiger partial charge is 0.0402 e. The van der Waals surface area contributed by atoms with Crippen molar-refractivity contribution in [2.75, 3.05) is 18.0 Å². The summed E-state index contributed by atoms with van der Waals surface area (Å²) in [5, 5.41) is 0. The van der Waals surface area contributed by atoms with Crippen molar-refractivity contribution in [2.45, 2.75) is 40.5 Å². The number of hydrogen-bond acceptors (Lipinski definition) is 2. The van der Waals surface area contributed by atoms with Gasteiger partial charge in [-0.3, -0.25) is 4.98 Å². The van der Waals surface area contributed by atoms with Crippen LogP contribution in [0.1, 0.15) is 38.1 Å². The zero-order valence-corrected chi connectivity index (χ0v) is 10.4. The predicted molar refractivity (Wildman–Crippen MR) is 66.5 cm³/mol. The van der Waals surface area contributed by atoms with Gasteiger partial charge in [-0.15, -0.1) is 0 Å². The van der Waals surface area contributed by atoms with Gasteiger partial charge in [-0.1, -0.05) is 13.8 Å². The maximum atomic E-state index is 4.41. The van der Waals surface area contributed by atoms with Crippen molar-refractivity contribution in [1.82, 2.24) is 4.98 Å². The zero-order chi connectivity index (χ0) is 11.3. The quantitative estimate of drug-likeness (QED) is 0.734. The largest absolute Gasteiger partial charge is 0.371 e. The monoisotopic (exact) mass is 206 g/mol. The molecule has 0 radical (unpaired) electrons. The molecule has 0 aliphatic carbocycles. The Hall–Kier alpha value is -1.05. The van der Waals surface area contributed by atoms with Crippen LogP contribution < -0.4 is 4.90 Å². The Bertz CT molecular complexity index is 281. The highest BCUT2D eigenvalue weighted by molar-refractivity contribution is 5.48. The Morgan fingerprint density at radius 1 is 1.00 bits per heavy atom. The minimum Gasteiger partial charge on any atom is -0.371 e. The lowest BCUT2D eigenvalue weighted by Gasteiger charge is -2.24. The van der Waals surface area contributed by atoms with Crippen molar-refractivity contribution in [3.8, 4) is 0 Å². The van der Waals surface area contributed by atoms with Gasteiger partial charge in [0.25, 0.3) is 0 Å². The summed E-state index contributed by atoms with van der Waals surface area (Å²) in [6, 6.07) is 4.36. The van der Waals surface area contributed by atoms with E-state index in [2.05, 4.69) is 49.7 Å². The predicted octanol–water partition coefficient (Wildman–Crippen LogP) is 3.32. The van der Waals surface area contributed by atoms with E-state index in [0.717, 1.165) is 24.5 Å². The summed E-state index contributed by atoms with van der Waals surface area (Å²) in [6.07, 6.45) is 2.39. The van der Waals surface area contributed by atoms with Gasteiger partial charge in [-0.25, -0.2) is 0 Å². The molecule has 0 amide bonds. The summed E-state index contributed by atoms with van der Waals surface area (Å²) in [7, 11) is 0. The lowest BCUT2D eigenvalue weighted by molar-refractivity contribution is 0.743. The number of aryl methyl sites for hydroxylation is 2. The topological polar surface area (TPSA) is 16.1 Å². The molecule has 1 heterocycles. The normalized spacial score (nSPS) is 10.4. The van der Waals surface area contributed by atoms with Crippen LogP contribution in [0.5, 0.6) is 0 Å². The molecule has 1 aromatic heterocycles. The minimum absolute atomic E-state index is 1.11. The summed E-state index contributed by atoms with van der Waals surface area (Å²) in [6.45, 7) is 10.8. The van der Waals surface area contributed by atoms with E-state index in [1.54, 1.807) is 0 Å². The Labute approximate surface area is 93.3 Å². The maximum absolute atomic E-state index is 4.41. The Morgan fingerprint density at radius 3 is 1.87 bits per heavy atom. The van der Waals surface area contributed by atoms with Crippen LogP contribution in [0, 0.1) is 13.8 Å². The molecule has 0 aliphatic heterocycles. The van der Waals surface area contributed by atoms with Gasteiger partial charge in [0.2, 0.25) is 0 Å². The van der Waals surface area contributed by atoms with Crippen LogP contribution >= 0.6 is 0 Å². The highest BCUT2D eigenvalue weighted by Crippen LogP contribution is 2.17. The Balaban J connectivity index is 2.88. The molecular formula is C13H22N2. The molecular weight excluding hydrogens is 184 g/mol. The van der Waals surface area contributed by atoms with E-state index in [1.165, 1.54) is 18.5 Å². The molecule has 0 aliphatic rings. The summed E-state index contributed by atoms with van der Waals surface area (Å²) < 4.78 is 0. The molecule has 0 unspecified atom stereocenters. The van der Waals surface area contributed by atoms with Crippen molar-refractivity contribution >= 4 is 5.69 Å². The minimum atomic E-state index is 1.11. The van der Waals surface area contributed by atoms with E-state index in [0.29, 0.717) is 0 Å². The summed E-state index contributed by atoms with van der Waals surface area (Å²) in [4.78, 5) is 6.86. The molecule has 2 heteroatoms. The number of nitrogens with zero attached hydrogens (tertiary/aromatic N) is 2. The third kappa shape index (κ3) is 3.54. The molecule has 0 bridgehead atoms. The third-order valence-corrected chi connectivity index (χ3v) is 2.42. The highest BCUT2D eigenvalue weighted by Gasteiger charge is 2.05. The zero-order valence-electron chi connectivity index (χ0n) is 10.4. The average Bonchev–Trinajstić information content (AvgIpc) is 2.16. The van der Waals surface area contributed by atoms with Crippen LogP contribution in [0.3, 0.4) is 0 Å². The van der Waals surface area contributed by atoms with Gasteiger partial charge >= 0.3 is 0 Å². The molecule has 0 fully saturated rings. The van der Waals surface area contributed by atoms with Gasteiger partial charge in [0.1, 0.15) is 0 Å². The molecule has 0 saturated heterocycles. The number of pyridine rings is 1. The second kappa shape index (κ2) is 5.74. The van der Waals surface area contributed by atoms with Crippen LogP contribution in [0.2, 0.25) is 0 Å². The van der Waals surface area contributed by atoms with Gasteiger partial charge in [-0.2, -0.15) is 0 Å². The molecule has 0 N–H and O–H groups in total. The fraction of sp³-hybridized carbons (Fsp3) is 0.615. The first-order valence-electron chi connectivity index (χ1n) is 5.87. The first-order chi connectivity index (χ1) is 7.17.